The van der Waals surface area contributed by atoms with Crippen LogP contribution < -0.4 is 9.47 Å². The highest BCUT2D eigenvalue weighted by Gasteiger charge is 2.44. The number of aliphatic hydroxyl groups excluding tert-OH is 1. The molecule has 1 aromatic heterocycles. The second-order valence-electron chi connectivity index (χ2n) is 8.36. The van der Waals surface area contributed by atoms with E-state index in [0.717, 1.165) is 24.8 Å². The normalized spacial score (nSPS) is 15.5. The zero-order chi connectivity index (χ0) is 24.8. The van der Waals surface area contributed by atoms with E-state index >= 15 is 0 Å². The van der Waals surface area contributed by atoms with Crippen molar-refractivity contribution in [2.75, 3.05) is 13.7 Å². The van der Waals surface area contributed by atoms with E-state index in [0.29, 0.717) is 23.7 Å². The zero-order valence-corrected chi connectivity index (χ0v) is 19.9. The SMILES string of the molecule is CCCCCOc1ccc(C2C(C(=O)c3ccco3)=C(O)C(=O)N2Cc2ccccc2)cc1OC. The number of ether oxygens (including phenoxy) is 2. The van der Waals surface area contributed by atoms with Gasteiger partial charge in [0.05, 0.1) is 31.6 Å². The highest BCUT2D eigenvalue weighted by molar-refractivity contribution is 6.15. The van der Waals surface area contributed by atoms with Crippen LogP contribution in [0.3, 0.4) is 0 Å². The van der Waals surface area contributed by atoms with Crippen molar-refractivity contribution in [2.24, 2.45) is 0 Å². The average molecular weight is 476 g/mol. The van der Waals surface area contributed by atoms with Gasteiger partial charge in [-0.3, -0.25) is 9.59 Å². The fraction of sp³-hybridized carbons (Fsp3) is 0.286. The van der Waals surface area contributed by atoms with Gasteiger partial charge in [0.1, 0.15) is 0 Å². The molecule has 0 saturated carbocycles. The molecule has 2 heterocycles. The lowest BCUT2D eigenvalue weighted by atomic mass is 9.94. The van der Waals surface area contributed by atoms with Gasteiger partial charge in [-0.2, -0.15) is 0 Å². The van der Waals surface area contributed by atoms with E-state index in [4.69, 9.17) is 13.9 Å². The van der Waals surface area contributed by atoms with Gasteiger partial charge < -0.3 is 23.9 Å². The number of unbranched alkanes of at least 4 members (excludes halogenated alkanes) is 2. The number of hydrogen-bond acceptors (Lipinski definition) is 6. The van der Waals surface area contributed by atoms with Crippen LogP contribution in [0.1, 0.15) is 53.9 Å². The summed E-state index contributed by atoms with van der Waals surface area (Å²) in [5.41, 5.74) is 1.46. The van der Waals surface area contributed by atoms with Crippen LogP contribution in [-0.2, 0) is 11.3 Å². The molecule has 0 fully saturated rings. The Morgan fingerprint density at radius 3 is 2.54 bits per heavy atom. The quantitative estimate of drug-likeness (QED) is 0.285. The van der Waals surface area contributed by atoms with Gasteiger partial charge in [-0.1, -0.05) is 56.2 Å². The molecule has 35 heavy (non-hydrogen) atoms. The number of Topliss-reactive ketones (excluding diaryl/α,β-unsaturated/α-hetero) is 1. The van der Waals surface area contributed by atoms with E-state index in [-0.39, 0.29) is 17.9 Å². The molecule has 3 aromatic rings. The van der Waals surface area contributed by atoms with Crippen LogP contribution in [-0.4, -0.2) is 35.4 Å². The number of benzene rings is 2. The smallest absolute Gasteiger partial charge is 0.290 e. The second-order valence-corrected chi connectivity index (χ2v) is 8.36. The molecule has 1 aliphatic heterocycles. The summed E-state index contributed by atoms with van der Waals surface area (Å²) in [5.74, 6) is -0.617. The molecule has 7 heteroatoms. The topological polar surface area (TPSA) is 89.2 Å². The van der Waals surface area contributed by atoms with Crippen LogP contribution in [0, 0.1) is 0 Å². The first-order valence-corrected chi connectivity index (χ1v) is 11.7. The summed E-state index contributed by atoms with van der Waals surface area (Å²) in [6.07, 6.45) is 4.48. The van der Waals surface area contributed by atoms with Crippen molar-refractivity contribution >= 4 is 11.7 Å². The van der Waals surface area contributed by atoms with Crippen LogP contribution in [0.2, 0.25) is 0 Å². The number of nitrogens with zero attached hydrogens (tertiary/aromatic N) is 1. The molecule has 1 aliphatic rings. The first-order chi connectivity index (χ1) is 17.0. The van der Waals surface area contributed by atoms with Crippen molar-refractivity contribution in [3.05, 3.63) is 95.1 Å². The Hall–Kier alpha value is -4.00. The van der Waals surface area contributed by atoms with Crippen molar-refractivity contribution < 1.29 is 28.6 Å². The Bertz CT molecular complexity index is 1200. The molecule has 0 bridgehead atoms. The van der Waals surface area contributed by atoms with Gasteiger partial charge >= 0.3 is 0 Å². The van der Waals surface area contributed by atoms with Gasteiger partial charge in [0.2, 0.25) is 5.78 Å². The molecule has 1 atom stereocenters. The number of hydrogen-bond donors (Lipinski definition) is 1. The summed E-state index contributed by atoms with van der Waals surface area (Å²) in [6.45, 7) is 2.90. The van der Waals surface area contributed by atoms with Crippen LogP contribution in [0.4, 0.5) is 0 Å². The van der Waals surface area contributed by atoms with Gasteiger partial charge in [-0.15, -0.1) is 0 Å². The number of furan rings is 1. The highest BCUT2D eigenvalue weighted by atomic mass is 16.5. The number of ketones is 1. The van der Waals surface area contributed by atoms with Gasteiger partial charge in [0.25, 0.3) is 5.91 Å². The number of aliphatic hydroxyl groups is 1. The molecule has 0 aliphatic carbocycles. The average Bonchev–Trinajstić information content (AvgIpc) is 3.50. The van der Waals surface area contributed by atoms with Crippen LogP contribution in [0.25, 0.3) is 0 Å². The maximum absolute atomic E-state index is 13.3. The number of carbonyl (C=O) groups excluding carboxylic acids is 2. The highest BCUT2D eigenvalue weighted by Crippen LogP contribution is 2.42. The maximum Gasteiger partial charge on any atom is 0.290 e. The monoisotopic (exact) mass is 475 g/mol. The molecular weight excluding hydrogens is 446 g/mol. The maximum atomic E-state index is 13.3. The summed E-state index contributed by atoms with van der Waals surface area (Å²) in [4.78, 5) is 28.0. The summed E-state index contributed by atoms with van der Waals surface area (Å²) >= 11 is 0. The standard InChI is InChI=1S/C28H29NO6/c1-3-4-8-15-34-21-14-13-20(17-23(21)33-2)25-24(26(30)22-12-9-16-35-22)27(31)28(32)29(25)18-19-10-6-5-7-11-19/h5-7,9-14,16-17,25,31H,3-4,8,15,18H2,1-2H3. The Morgan fingerprint density at radius 2 is 1.86 bits per heavy atom. The molecule has 182 valence electrons. The van der Waals surface area contributed by atoms with E-state index in [1.165, 1.54) is 17.2 Å². The Morgan fingerprint density at radius 1 is 1.06 bits per heavy atom. The summed E-state index contributed by atoms with van der Waals surface area (Å²) in [5, 5.41) is 10.8. The lowest BCUT2D eigenvalue weighted by Crippen LogP contribution is -2.30. The fourth-order valence-corrected chi connectivity index (χ4v) is 4.22. The largest absolute Gasteiger partial charge is 0.503 e. The van der Waals surface area contributed by atoms with E-state index in [9.17, 15) is 14.7 Å². The molecule has 1 amide bonds. The lowest BCUT2D eigenvalue weighted by molar-refractivity contribution is -0.130. The van der Waals surface area contributed by atoms with E-state index in [1.54, 1.807) is 31.4 Å². The van der Waals surface area contributed by atoms with Gasteiger partial charge in [-0.05, 0) is 41.8 Å². The number of rotatable bonds is 11. The van der Waals surface area contributed by atoms with Crippen molar-refractivity contribution in [3.8, 4) is 11.5 Å². The van der Waals surface area contributed by atoms with Gasteiger partial charge in [0, 0.05) is 6.54 Å². The molecule has 1 N–H and O–H groups in total. The molecular formula is C28H29NO6. The van der Waals surface area contributed by atoms with Crippen LogP contribution in [0.15, 0.2) is 82.7 Å². The minimum absolute atomic E-state index is 0.0282. The Kier molecular flexibility index (Phi) is 7.55. The molecule has 0 radical (unpaired) electrons. The van der Waals surface area contributed by atoms with Crippen molar-refractivity contribution in [3.63, 3.8) is 0 Å². The third-order valence-electron chi connectivity index (χ3n) is 6.00. The molecule has 2 aromatic carbocycles. The Labute approximate surface area is 204 Å². The molecule has 4 rings (SSSR count). The summed E-state index contributed by atoms with van der Waals surface area (Å²) in [6, 6.07) is 17.0. The van der Waals surface area contributed by atoms with E-state index < -0.39 is 23.5 Å². The summed E-state index contributed by atoms with van der Waals surface area (Å²) < 4.78 is 16.8. The third-order valence-corrected chi connectivity index (χ3v) is 6.00. The third kappa shape index (κ3) is 5.09. The zero-order valence-electron chi connectivity index (χ0n) is 19.9. The van der Waals surface area contributed by atoms with E-state index in [2.05, 4.69) is 6.92 Å². The lowest BCUT2D eigenvalue weighted by Gasteiger charge is -2.27. The van der Waals surface area contributed by atoms with Crippen LogP contribution in [0.5, 0.6) is 11.5 Å². The first-order valence-electron chi connectivity index (χ1n) is 11.7. The van der Waals surface area contributed by atoms with Crippen LogP contribution >= 0.6 is 0 Å². The van der Waals surface area contributed by atoms with Crippen molar-refractivity contribution in [2.45, 2.75) is 38.8 Å². The molecule has 0 saturated heterocycles. The number of methoxy groups -OCH3 is 1. The van der Waals surface area contributed by atoms with E-state index in [1.807, 2.05) is 30.3 Å². The first kappa shape index (κ1) is 24.1. The minimum atomic E-state index is -0.830. The summed E-state index contributed by atoms with van der Waals surface area (Å²) in [7, 11) is 1.54. The molecule has 1 unspecified atom stereocenters. The predicted octanol–water partition coefficient (Wildman–Crippen LogP) is 5.64. The fourth-order valence-electron chi connectivity index (χ4n) is 4.22. The number of amides is 1. The minimum Gasteiger partial charge on any atom is -0.503 e. The Balaban J connectivity index is 1.73. The molecule has 7 nitrogen and oxygen atoms in total. The number of carbonyl (C=O) groups is 2. The van der Waals surface area contributed by atoms with Gasteiger partial charge in [0.15, 0.2) is 23.0 Å². The second kappa shape index (κ2) is 11.0. The molecule has 0 spiro atoms. The van der Waals surface area contributed by atoms with Crippen molar-refractivity contribution in [1.82, 2.24) is 4.90 Å². The predicted molar refractivity (Wildman–Crippen MR) is 130 cm³/mol. The van der Waals surface area contributed by atoms with Crippen molar-refractivity contribution in [1.29, 1.82) is 0 Å². The van der Waals surface area contributed by atoms with Gasteiger partial charge in [-0.25, -0.2) is 0 Å².